The quantitative estimate of drug-likeness (QED) is 0.943. The third kappa shape index (κ3) is 3.03. The van der Waals surface area contributed by atoms with Crippen molar-refractivity contribution >= 4 is 17.2 Å². The number of carbonyl (C=O) groups excluding carboxylic acids is 1. The molecule has 3 aliphatic rings. The minimum Gasteiger partial charge on any atom is -0.346 e. The van der Waals surface area contributed by atoms with E-state index in [1.807, 2.05) is 0 Å². The predicted molar refractivity (Wildman–Crippen MR) is 92.7 cm³/mol. The molecule has 0 radical (unpaired) electrons. The van der Waals surface area contributed by atoms with Crippen molar-refractivity contribution in [3.05, 3.63) is 41.0 Å². The van der Waals surface area contributed by atoms with Crippen LogP contribution in [0, 0.1) is 12.8 Å². The molecule has 4 nitrogen and oxygen atoms in total. The van der Waals surface area contributed by atoms with Crippen LogP contribution in [0.4, 0.5) is 0 Å². The van der Waals surface area contributed by atoms with Gasteiger partial charge in [0, 0.05) is 18.8 Å². The molecule has 0 aliphatic carbocycles. The van der Waals surface area contributed by atoms with Crippen LogP contribution < -0.4 is 5.32 Å². The largest absolute Gasteiger partial charge is 0.346 e. The molecule has 2 aromatic rings. The Morgan fingerprint density at radius 2 is 2.00 bits per heavy atom. The molecular weight excluding hydrogens is 306 g/mol. The van der Waals surface area contributed by atoms with Crippen LogP contribution in [-0.2, 0) is 0 Å². The normalized spacial score (nSPS) is 26.2. The van der Waals surface area contributed by atoms with Crippen LogP contribution in [0.2, 0.25) is 0 Å². The van der Waals surface area contributed by atoms with Gasteiger partial charge < -0.3 is 10.2 Å². The fourth-order valence-electron chi connectivity index (χ4n) is 3.59. The van der Waals surface area contributed by atoms with Gasteiger partial charge in [-0.25, -0.2) is 4.98 Å². The first-order valence-corrected chi connectivity index (χ1v) is 9.07. The van der Waals surface area contributed by atoms with Gasteiger partial charge >= 0.3 is 0 Å². The van der Waals surface area contributed by atoms with Crippen LogP contribution in [0.25, 0.3) is 10.4 Å². The Morgan fingerprint density at radius 3 is 2.65 bits per heavy atom. The minimum atomic E-state index is -0.0212. The van der Waals surface area contributed by atoms with Gasteiger partial charge in [-0.1, -0.05) is 29.8 Å². The standard InChI is InChI=1S/C18H21N3OS/c1-12-2-4-14(5-3-12)16-10-19-18(23-16)17(22)20-15-11-21-8-6-13(15)7-9-21/h2-5,10,13,15H,6-9,11H2,1H3,(H,20,22)/t15-/m0/s1. The molecule has 1 atom stereocenters. The summed E-state index contributed by atoms with van der Waals surface area (Å²) in [4.78, 5) is 20.3. The van der Waals surface area contributed by atoms with E-state index in [0.29, 0.717) is 10.9 Å². The van der Waals surface area contributed by atoms with Gasteiger partial charge in [-0.15, -0.1) is 11.3 Å². The molecule has 1 amide bonds. The van der Waals surface area contributed by atoms with Crippen LogP contribution in [0.3, 0.4) is 0 Å². The number of rotatable bonds is 3. The Morgan fingerprint density at radius 1 is 1.26 bits per heavy atom. The van der Waals surface area contributed by atoms with E-state index in [9.17, 15) is 4.79 Å². The Labute approximate surface area is 140 Å². The lowest BCUT2D eigenvalue weighted by Gasteiger charge is -2.44. The molecule has 2 bridgehead atoms. The van der Waals surface area contributed by atoms with Gasteiger partial charge in [-0.2, -0.15) is 0 Å². The lowest BCUT2D eigenvalue weighted by atomic mass is 9.84. The summed E-state index contributed by atoms with van der Waals surface area (Å²) >= 11 is 1.47. The van der Waals surface area contributed by atoms with Gasteiger partial charge in [0.2, 0.25) is 0 Å². The number of nitrogens with zero attached hydrogens (tertiary/aromatic N) is 2. The molecule has 0 spiro atoms. The number of fused-ring (bicyclic) bond motifs is 3. The number of amides is 1. The van der Waals surface area contributed by atoms with E-state index in [4.69, 9.17) is 0 Å². The lowest BCUT2D eigenvalue weighted by Crippen LogP contribution is -2.57. The Kier molecular flexibility index (Phi) is 3.91. The maximum atomic E-state index is 12.5. The third-order valence-electron chi connectivity index (χ3n) is 5.01. The van der Waals surface area contributed by atoms with E-state index in [1.165, 1.54) is 42.8 Å². The number of thiazole rings is 1. The van der Waals surface area contributed by atoms with Crippen molar-refractivity contribution in [3.63, 3.8) is 0 Å². The second-order valence-electron chi connectivity index (χ2n) is 6.61. The highest BCUT2D eigenvalue weighted by Crippen LogP contribution is 2.29. The molecule has 3 saturated heterocycles. The second kappa shape index (κ2) is 6.06. The number of benzene rings is 1. The Balaban J connectivity index is 1.46. The fraction of sp³-hybridized carbons (Fsp3) is 0.444. The van der Waals surface area contributed by atoms with Gasteiger partial charge in [0.15, 0.2) is 5.01 Å². The fourth-order valence-corrected chi connectivity index (χ4v) is 4.41. The van der Waals surface area contributed by atoms with E-state index in [-0.39, 0.29) is 11.9 Å². The van der Waals surface area contributed by atoms with Crippen molar-refractivity contribution in [2.24, 2.45) is 5.92 Å². The number of piperidine rings is 3. The summed E-state index contributed by atoms with van der Waals surface area (Å²) in [5, 5.41) is 3.77. The van der Waals surface area contributed by atoms with Crippen molar-refractivity contribution in [1.29, 1.82) is 0 Å². The summed E-state index contributed by atoms with van der Waals surface area (Å²) in [6.07, 6.45) is 4.22. The summed E-state index contributed by atoms with van der Waals surface area (Å²) < 4.78 is 0. The molecule has 120 valence electrons. The molecule has 3 fully saturated rings. The van der Waals surface area contributed by atoms with Crippen molar-refractivity contribution < 1.29 is 4.79 Å². The van der Waals surface area contributed by atoms with Crippen LogP contribution in [-0.4, -0.2) is 41.5 Å². The molecular formula is C18H21N3OS. The first-order valence-electron chi connectivity index (χ1n) is 8.25. The van der Waals surface area contributed by atoms with Gasteiger partial charge in [0.1, 0.15) is 0 Å². The number of carbonyl (C=O) groups is 1. The van der Waals surface area contributed by atoms with E-state index in [1.54, 1.807) is 6.20 Å². The van der Waals surface area contributed by atoms with Crippen LogP contribution in [0.5, 0.6) is 0 Å². The summed E-state index contributed by atoms with van der Waals surface area (Å²) in [6.45, 7) is 5.44. The van der Waals surface area contributed by atoms with Gasteiger partial charge in [0.25, 0.3) is 5.91 Å². The van der Waals surface area contributed by atoms with Crippen molar-refractivity contribution in [2.75, 3.05) is 19.6 Å². The number of nitrogens with one attached hydrogen (secondary N) is 1. The predicted octanol–water partition coefficient (Wildman–Crippen LogP) is 2.94. The lowest BCUT2D eigenvalue weighted by molar-refractivity contribution is 0.0620. The highest BCUT2D eigenvalue weighted by molar-refractivity contribution is 7.16. The van der Waals surface area contributed by atoms with E-state index in [0.717, 1.165) is 17.0 Å². The summed E-state index contributed by atoms with van der Waals surface area (Å²) in [5.74, 6) is 0.618. The highest BCUT2D eigenvalue weighted by atomic mass is 32.1. The highest BCUT2D eigenvalue weighted by Gasteiger charge is 2.35. The Bertz CT molecular complexity index is 701. The second-order valence-corrected chi connectivity index (χ2v) is 7.64. The Hall–Kier alpha value is -1.72. The first-order chi connectivity index (χ1) is 11.2. The molecule has 1 aromatic carbocycles. The molecule has 4 heterocycles. The zero-order valence-electron chi connectivity index (χ0n) is 13.3. The van der Waals surface area contributed by atoms with Crippen LogP contribution in [0.1, 0.15) is 28.2 Å². The SMILES string of the molecule is Cc1ccc(-c2cnc(C(=O)N[C@H]3CN4CCC3CC4)s2)cc1. The molecule has 1 N–H and O–H groups in total. The monoisotopic (exact) mass is 327 g/mol. The maximum Gasteiger partial charge on any atom is 0.280 e. The van der Waals surface area contributed by atoms with Gasteiger partial charge in [-0.3, -0.25) is 4.79 Å². The third-order valence-corrected chi connectivity index (χ3v) is 6.05. The zero-order chi connectivity index (χ0) is 15.8. The molecule has 1 aromatic heterocycles. The van der Waals surface area contributed by atoms with Crippen molar-refractivity contribution in [3.8, 4) is 10.4 Å². The smallest absolute Gasteiger partial charge is 0.280 e. The van der Waals surface area contributed by atoms with E-state index < -0.39 is 0 Å². The number of hydrogen-bond acceptors (Lipinski definition) is 4. The summed E-state index contributed by atoms with van der Waals surface area (Å²) in [6, 6.07) is 8.62. The molecule has 5 heteroatoms. The average Bonchev–Trinajstić information content (AvgIpc) is 3.07. The van der Waals surface area contributed by atoms with Crippen molar-refractivity contribution in [1.82, 2.24) is 15.2 Å². The molecule has 3 aliphatic heterocycles. The van der Waals surface area contributed by atoms with Crippen LogP contribution >= 0.6 is 11.3 Å². The van der Waals surface area contributed by atoms with E-state index >= 15 is 0 Å². The average molecular weight is 327 g/mol. The molecule has 23 heavy (non-hydrogen) atoms. The van der Waals surface area contributed by atoms with Gasteiger partial charge in [0.05, 0.1) is 4.88 Å². The zero-order valence-corrected chi connectivity index (χ0v) is 14.1. The molecule has 0 unspecified atom stereocenters. The first kappa shape index (κ1) is 14.8. The topological polar surface area (TPSA) is 45.2 Å². The van der Waals surface area contributed by atoms with Gasteiger partial charge in [-0.05, 0) is 44.3 Å². The maximum absolute atomic E-state index is 12.5. The number of hydrogen-bond donors (Lipinski definition) is 1. The summed E-state index contributed by atoms with van der Waals surface area (Å²) in [5.41, 5.74) is 2.36. The minimum absolute atomic E-state index is 0.0212. The summed E-state index contributed by atoms with van der Waals surface area (Å²) in [7, 11) is 0. The number of aryl methyl sites for hydroxylation is 1. The number of aromatic nitrogens is 1. The van der Waals surface area contributed by atoms with Crippen LogP contribution in [0.15, 0.2) is 30.5 Å². The van der Waals surface area contributed by atoms with E-state index in [2.05, 4.69) is 46.4 Å². The molecule has 0 saturated carbocycles. The van der Waals surface area contributed by atoms with Crippen molar-refractivity contribution in [2.45, 2.75) is 25.8 Å². The molecule has 5 rings (SSSR count).